The SMILES string of the molecule is C[C@H](Cc1nnc[nH]1)c1cccc(N)c1. The van der Waals surface area contributed by atoms with Gasteiger partial charge in [-0.15, -0.1) is 10.2 Å². The minimum Gasteiger partial charge on any atom is -0.399 e. The summed E-state index contributed by atoms with van der Waals surface area (Å²) < 4.78 is 0. The molecule has 1 heterocycles. The standard InChI is InChI=1S/C11H14N4/c1-8(5-11-13-7-14-15-11)9-3-2-4-10(12)6-9/h2-4,6-8H,5,12H2,1H3,(H,13,14,15)/t8-/m1/s1. The fraction of sp³-hybridized carbons (Fsp3) is 0.273. The van der Waals surface area contributed by atoms with Crippen LogP contribution in [0.2, 0.25) is 0 Å². The number of anilines is 1. The Labute approximate surface area is 88.5 Å². The largest absolute Gasteiger partial charge is 0.399 e. The predicted molar refractivity (Wildman–Crippen MR) is 59.4 cm³/mol. The summed E-state index contributed by atoms with van der Waals surface area (Å²) in [4.78, 5) is 3.00. The molecule has 0 fully saturated rings. The quantitative estimate of drug-likeness (QED) is 0.745. The zero-order valence-electron chi connectivity index (χ0n) is 8.64. The number of rotatable bonds is 3. The van der Waals surface area contributed by atoms with Gasteiger partial charge >= 0.3 is 0 Å². The molecular weight excluding hydrogens is 188 g/mol. The third-order valence-corrected chi connectivity index (χ3v) is 2.45. The molecule has 0 spiro atoms. The highest BCUT2D eigenvalue weighted by Gasteiger charge is 2.08. The summed E-state index contributed by atoms with van der Waals surface area (Å²) in [5.74, 6) is 1.30. The first-order valence-corrected chi connectivity index (χ1v) is 4.96. The number of H-pyrrole nitrogens is 1. The Morgan fingerprint density at radius 2 is 2.33 bits per heavy atom. The molecule has 78 valence electrons. The van der Waals surface area contributed by atoms with Gasteiger partial charge in [0, 0.05) is 12.1 Å². The lowest BCUT2D eigenvalue weighted by molar-refractivity contribution is 0.721. The number of benzene rings is 1. The molecule has 1 aromatic heterocycles. The summed E-state index contributed by atoms with van der Waals surface area (Å²) in [6.45, 7) is 2.15. The number of nitrogens with two attached hydrogens (primary N) is 1. The minimum absolute atomic E-state index is 0.390. The van der Waals surface area contributed by atoms with Gasteiger partial charge in [0.25, 0.3) is 0 Å². The number of hydrogen-bond donors (Lipinski definition) is 2. The lowest BCUT2D eigenvalue weighted by atomic mass is 9.97. The summed E-state index contributed by atoms with van der Waals surface area (Å²) in [6.07, 6.45) is 2.45. The zero-order chi connectivity index (χ0) is 10.7. The Kier molecular flexibility index (Phi) is 2.67. The predicted octanol–water partition coefficient (Wildman–Crippen LogP) is 1.73. The van der Waals surface area contributed by atoms with Gasteiger partial charge in [0.2, 0.25) is 0 Å². The van der Waals surface area contributed by atoms with Crippen molar-refractivity contribution >= 4 is 5.69 Å². The van der Waals surface area contributed by atoms with E-state index in [0.717, 1.165) is 17.9 Å². The van der Waals surface area contributed by atoms with Crippen LogP contribution in [0.25, 0.3) is 0 Å². The average Bonchev–Trinajstić information content (AvgIpc) is 2.70. The van der Waals surface area contributed by atoms with Crippen molar-refractivity contribution in [3.63, 3.8) is 0 Å². The van der Waals surface area contributed by atoms with Crippen LogP contribution in [-0.2, 0) is 6.42 Å². The fourth-order valence-electron chi connectivity index (χ4n) is 1.60. The van der Waals surface area contributed by atoms with E-state index in [-0.39, 0.29) is 0 Å². The molecule has 2 aromatic rings. The molecular formula is C11H14N4. The Bertz CT molecular complexity index is 422. The Morgan fingerprint density at radius 1 is 1.47 bits per heavy atom. The maximum Gasteiger partial charge on any atom is 0.130 e. The Morgan fingerprint density at radius 3 is 3.00 bits per heavy atom. The Balaban J connectivity index is 2.11. The van der Waals surface area contributed by atoms with Crippen LogP contribution in [0.5, 0.6) is 0 Å². The van der Waals surface area contributed by atoms with E-state index in [2.05, 4.69) is 28.2 Å². The van der Waals surface area contributed by atoms with E-state index in [0.29, 0.717) is 5.92 Å². The second kappa shape index (κ2) is 4.13. The van der Waals surface area contributed by atoms with E-state index in [1.54, 1.807) is 6.33 Å². The summed E-state index contributed by atoms with van der Waals surface area (Å²) in [5.41, 5.74) is 7.76. The third-order valence-electron chi connectivity index (χ3n) is 2.45. The maximum absolute atomic E-state index is 5.73. The number of nitrogens with one attached hydrogen (secondary N) is 1. The minimum atomic E-state index is 0.390. The third kappa shape index (κ3) is 2.34. The molecule has 0 aliphatic heterocycles. The van der Waals surface area contributed by atoms with Crippen molar-refractivity contribution in [2.24, 2.45) is 0 Å². The summed E-state index contributed by atoms with van der Waals surface area (Å²) in [7, 11) is 0. The van der Waals surface area contributed by atoms with Gasteiger partial charge in [-0.1, -0.05) is 19.1 Å². The van der Waals surface area contributed by atoms with Crippen molar-refractivity contribution in [3.8, 4) is 0 Å². The molecule has 4 heteroatoms. The van der Waals surface area contributed by atoms with Gasteiger partial charge in [-0.2, -0.15) is 0 Å². The van der Waals surface area contributed by atoms with Crippen molar-refractivity contribution in [1.82, 2.24) is 15.2 Å². The Hall–Kier alpha value is -1.84. The maximum atomic E-state index is 5.73. The van der Waals surface area contributed by atoms with E-state index in [9.17, 15) is 0 Å². The van der Waals surface area contributed by atoms with Gasteiger partial charge in [-0.25, -0.2) is 0 Å². The van der Waals surface area contributed by atoms with Crippen molar-refractivity contribution in [1.29, 1.82) is 0 Å². The second-order valence-electron chi connectivity index (χ2n) is 3.71. The molecule has 0 aliphatic rings. The van der Waals surface area contributed by atoms with Gasteiger partial charge < -0.3 is 10.7 Å². The monoisotopic (exact) mass is 202 g/mol. The molecule has 1 aromatic carbocycles. The molecule has 0 unspecified atom stereocenters. The lowest BCUT2D eigenvalue weighted by Crippen LogP contribution is -2.01. The molecule has 0 aliphatic carbocycles. The highest BCUT2D eigenvalue weighted by atomic mass is 15.2. The topological polar surface area (TPSA) is 67.6 Å². The molecule has 0 saturated carbocycles. The van der Waals surface area contributed by atoms with E-state index in [1.807, 2.05) is 18.2 Å². The molecule has 15 heavy (non-hydrogen) atoms. The number of nitrogen functional groups attached to an aromatic ring is 1. The number of hydrogen-bond acceptors (Lipinski definition) is 3. The first-order chi connectivity index (χ1) is 7.25. The molecule has 2 rings (SSSR count). The van der Waals surface area contributed by atoms with Gasteiger partial charge in [-0.05, 0) is 23.6 Å². The van der Waals surface area contributed by atoms with Gasteiger partial charge in [0.1, 0.15) is 12.2 Å². The molecule has 0 saturated heterocycles. The van der Waals surface area contributed by atoms with Crippen molar-refractivity contribution in [2.45, 2.75) is 19.3 Å². The van der Waals surface area contributed by atoms with Crippen LogP contribution in [-0.4, -0.2) is 15.2 Å². The highest BCUT2D eigenvalue weighted by Crippen LogP contribution is 2.20. The van der Waals surface area contributed by atoms with Crippen molar-refractivity contribution in [2.75, 3.05) is 5.73 Å². The molecule has 1 atom stereocenters. The molecule has 3 N–H and O–H groups in total. The van der Waals surface area contributed by atoms with Gasteiger partial charge in [-0.3, -0.25) is 0 Å². The number of aromatic nitrogens is 3. The van der Waals surface area contributed by atoms with Crippen LogP contribution in [0.3, 0.4) is 0 Å². The van der Waals surface area contributed by atoms with Gasteiger partial charge in [0.05, 0.1) is 0 Å². The first-order valence-electron chi connectivity index (χ1n) is 4.96. The average molecular weight is 202 g/mol. The highest BCUT2D eigenvalue weighted by molar-refractivity contribution is 5.41. The smallest absolute Gasteiger partial charge is 0.130 e. The molecule has 0 bridgehead atoms. The van der Waals surface area contributed by atoms with Crippen molar-refractivity contribution < 1.29 is 0 Å². The molecule has 0 amide bonds. The normalized spacial score (nSPS) is 12.6. The van der Waals surface area contributed by atoms with Crippen LogP contribution in [0.4, 0.5) is 5.69 Å². The summed E-state index contributed by atoms with van der Waals surface area (Å²) >= 11 is 0. The van der Waals surface area contributed by atoms with Crippen LogP contribution in [0.1, 0.15) is 24.2 Å². The lowest BCUT2D eigenvalue weighted by Gasteiger charge is -2.10. The van der Waals surface area contributed by atoms with Crippen LogP contribution in [0.15, 0.2) is 30.6 Å². The summed E-state index contributed by atoms with van der Waals surface area (Å²) in [5, 5.41) is 7.72. The summed E-state index contributed by atoms with van der Waals surface area (Å²) in [6, 6.07) is 7.95. The fourth-order valence-corrected chi connectivity index (χ4v) is 1.60. The van der Waals surface area contributed by atoms with Gasteiger partial charge in [0.15, 0.2) is 0 Å². The number of nitrogens with zero attached hydrogens (tertiary/aromatic N) is 2. The number of aromatic amines is 1. The first kappa shape index (κ1) is 9.71. The van der Waals surface area contributed by atoms with Crippen LogP contribution < -0.4 is 5.73 Å². The van der Waals surface area contributed by atoms with Crippen LogP contribution >= 0.6 is 0 Å². The molecule has 4 nitrogen and oxygen atoms in total. The van der Waals surface area contributed by atoms with E-state index in [1.165, 1.54) is 5.56 Å². The van der Waals surface area contributed by atoms with Crippen LogP contribution in [0, 0.1) is 0 Å². The molecule has 0 radical (unpaired) electrons. The van der Waals surface area contributed by atoms with E-state index < -0.39 is 0 Å². The van der Waals surface area contributed by atoms with E-state index >= 15 is 0 Å². The van der Waals surface area contributed by atoms with E-state index in [4.69, 9.17) is 5.73 Å². The second-order valence-corrected chi connectivity index (χ2v) is 3.71. The van der Waals surface area contributed by atoms with Crippen molar-refractivity contribution in [3.05, 3.63) is 42.0 Å². The zero-order valence-corrected chi connectivity index (χ0v) is 8.64.